The number of rotatable bonds is 5. The zero-order chi connectivity index (χ0) is 11.3. The molecule has 1 atom stereocenters. The molecule has 4 nitrogen and oxygen atoms in total. The first-order valence-corrected chi connectivity index (χ1v) is 4.76. The molecule has 0 aromatic heterocycles. The van der Waals surface area contributed by atoms with Crippen molar-refractivity contribution in [3.63, 3.8) is 0 Å². The van der Waals surface area contributed by atoms with Gasteiger partial charge < -0.3 is 15.6 Å². The highest BCUT2D eigenvalue weighted by Crippen LogP contribution is 2.28. The van der Waals surface area contributed by atoms with Gasteiger partial charge in [0.25, 0.3) is 0 Å². The first kappa shape index (κ1) is 11.5. The second-order valence-corrected chi connectivity index (χ2v) is 3.21. The number of carboxylic acids is 1. The fraction of sp³-hybridized carbons (Fsp3) is 0.364. The predicted octanol–water partition coefficient (Wildman–Crippen LogP) is 1.21. The van der Waals surface area contributed by atoms with E-state index in [2.05, 4.69) is 0 Å². The fourth-order valence-electron chi connectivity index (χ4n) is 1.53. The average molecular weight is 209 g/mol. The summed E-state index contributed by atoms with van der Waals surface area (Å²) < 4.78 is 5.12. The van der Waals surface area contributed by atoms with Crippen LogP contribution < -0.4 is 10.5 Å². The van der Waals surface area contributed by atoms with E-state index in [1.807, 2.05) is 6.07 Å². The molecule has 0 aliphatic heterocycles. The summed E-state index contributed by atoms with van der Waals surface area (Å²) in [5, 5.41) is 9.07. The van der Waals surface area contributed by atoms with Gasteiger partial charge in [-0.1, -0.05) is 18.2 Å². The predicted molar refractivity (Wildman–Crippen MR) is 57.0 cm³/mol. The Kier molecular flexibility index (Phi) is 4.12. The number of hydrogen-bond donors (Lipinski definition) is 2. The maximum atomic E-state index is 11.0. The Labute approximate surface area is 88.7 Å². The lowest BCUT2D eigenvalue weighted by Gasteiger charge is -2.14. The van der Waals surface area contributed by atoms with Crippen LogP contribution in [-0.4, -0.2) is 24.7 Å². The molecule has 0 amide bonds. The van der Waals surface area contributed by atoms with Gasteiger partial charge >= 0.3 is 5.97 Å². The molecule has 0 spiro atoms. The highest BCUT2D eigenvalue weighted by Gasteiger charge is 2.21. The van der Waals surface area contributed by atoms with Gasteiger partial charge in [0.05, 0.1) is 13.0 Å². The van der Waals surface area contributed by atoms with Crippen LogP contribution in [0.5, 0.6) is 5.75 Å². The Hall–Kier alpha value is -1.55. The maximum absolute atomic E-state index is 11.0. The Bertz CT molecular complexity index is 338. The number of aliphatic carboxylic acids is 1. The molecule has 0 aliphatic rings. The molecule has 3 N–H and O–H groups in total. The lowest BCUT2D eigenvalue weighted by molar-refractivity contribution is -0.138. The van der Waals surface area contributed by atoms with Crippen LogP contribution in [0.1, 0.15) is 17.9 Å². The van der Waals surface area contributed by atoms with Gasteiger partial charge in [0.15, 0.2) is 0 Å². The van der Waals surface area contributed by atoms with Gasteiger partial charge in [0.2, 0.25) is 0 Å². The molecule has 0 saturated heterocycles. The van der Waals surface area contributed by atoms with Crippen LogP contribution in [0.3, 0.4) is 0 Å². The number of methoxy groups -OCH3 is 1. The molecular weight excluding hydrogens is 194 g/mol. The summed E-state index contributed by atoms with van der Waals surface area (Å²) in [6, 6.07) is 7.11. The van der Waals surface area contributed by atoms with Gasteiger partial charge in [-0.25, -0.2) is 0 Å². The quantitative estimate of drug-likeness (QED) is 0.764. The van der Waals surface area contributed by atoms with Crippen LogP contribution in [0.2, 0.25) is 0 Å². The topological polar surface area (TPSA) is 72.5 Å². The molecule has 1 aromatic rings. The van der Waals surface area contributed by atoms with Crippen molar-refractivity contribution in [2.24, 2.45) is 5.73 Å². The SMILES string of the molecule is COc1ccccc1C(CCN)C(=O)O. The van der Waals surface area contributed by atoms with E-state index >= 15 is 0 Å². The van der Waals surface area contributed by atoms with Crippen molar-refractivity contribution in [1.82, 2.24) is 0 Å². The zero-order valence-electron chi connectivity index (χ0n) is 8.64. The molecule has 0 radical (unpaired) electrons. The number of para-hydroxylation sites is 1. The molecule has 0 saturated carbocycles. The molecule has 0 aliphatic carbocycles. The van der Waals surface area contributed by atoms with Crippen molar-refractivity contribution in [2.75, 3.05) is 13.7 Å². The number of carboxylic acid groups (broad SMARTS) is 1. The van der Waals surface area contributed by atoms with Crippen molar-refractivity contribution in [3.8, 4) is 5.75 Å². The van der Waals surface area contributed by atoms with E-state index in [9.17, 15) is 4.79 Å². The van der Waals surface area contributed by atoms with Gasteiger partial charge in [-0.2, -0.15) is 0 Å². The third-order valence-corrected chi connectivity index (χ3v) is 2.27. The molecule has 1 rings (SSSR count). The summed E-state index contributed by atoms with van der Waals surface area (Å²) in [7, 11) is 1.53. The van der Waals surface area contributed by atoms with Crippen molar-refractivity contribution in [3.05, 3.63) is 29.8 Å². The van der Waals surface area contributed by atoms with Gasteiger partial charge in [0.1, 0.15) is 5.75 Å². The van der Waals surface area contributed by atoms with E-state index in [4.69, 9.17) is 15.6 Å². The Morgan fingerprint density at radius 2 is 2.20 bits per heavy atom. The second kappa shape index (κ2) is 5.36. The van der Waals surface area contributed by atoms with Crippen LogP contribution in [-0.2, 0) is 4.79 Å². The van der Waals surface area contributed by atoms with E-state index in [1.54, 1.807) is 18.2 Å². The minimum absolute atomic E-state index is 0.342. The molecule has 15 heavy (non-hydrogen) atoms. The number of hydrogen-bond acceptors (Lipinski definition) is 3. The smallest absolute Gasteiger partial charge is 0.311 e. The largest absolute Gasteiger partial charge is 0.496 e. The van der Waals surface area contributed by atoms with E-state index in [1.165, 1.54) is 7.11 Å². The van der Waals surface area contributed by atoms with Gasteiger partial charge in [-0.05, 0) is 19.0 Å². The van der Waals surface area contributed by atoms with Crippen LogP contribution in [0.25, 0.3) is 0 Å². The summed E-state index contributed by atoms with van der Waals surface area (Å²) in [4.78, 5) is 11.0. The minimum Gasteiger partial charge on any atom is -0.496 e. The summed E-state index contributed by atoms with van der Waals surface area (Å²) in [5.41, 5.74) is 6.07. The van der Waals surface area contributed by atoms with Crippen LogP contribution in [0.4, 0.5) is 0 Å². The molecule has 0 bridgehead atoms. The monoisotopic (exact) mass is 209 g/mol. The van der Waals surface area contributed by atoms with E-state index in [-0.39, 0.29) is 0 Å². The standard InChI is InChI=1S/C11H15NO3/c1-15-10-5-3-2-4-8(10)9(6-7-12)11(13)14/h2-5,9H,6-7,12H2,1H3,(H,13,14). The third-order valence-electron chi connectivity index (χ3n) is 2.27. The van der Waals surface area contributed by atoms with Crippen molar-refractivity contribution in [1.29, 1.82) is 0 Å². The first-order chi connectivity index (χ1) is 7.20. The van der Waals surface area contributed by atoms with Gasteiger partial charge in [0, 0.05) is 5.56 Å². The van der Waals surface area contributed by atoms with E-state index in [0.29, 0.717) is 24.3 Å². The van der Waals surface area contributed by atoms with Gasteiger partial charge in [-0.15, -0.1) is 0 Å². The molecule has 0 fully saturated rings. The average Bonchev–Trinajstić information content (AvgIpc) is 2.25. The van der Waals surface area contributed by atoms with Crippen molar-refractivity contribution < 1.29 is 14.6 Å². The molecule has 0 heterocycles. The highest BCUT2D eigenvalue weighted by molar-refractivity contribution is 5.77. The number of benzene rings is 1. The highest BCUT2D eigenvalue weighted by atomic mass is 16.5. The number of nitrogens with two attached hydrogens (primary N) is 1. The third kappa shape index (κ3) is 2.70. The van der Waals surface area contributed by atoms with Crippen molar-refractivity contribution >= 4 is 5.97 Å². The molecule has 1 unspecified atom stereocenters. The number of ether oxygens (including phenoxy) is 1. The first-order valence-electron chi connectivity index (χ1n) is 4.76. The fourth-order valence-corrected chi connectivity index (χ4v) is 1.53. The lowest BCUT2D eigenvalue weighted by atomic mass is 9.95. The van der Waals surface area contributed by atoms with Crippen LogP contribution in [0, 0.1) is 0 Å². The van der Waals surface area contributed by atoms with E-state index in [0.717, 1.165) is 0 Å². The summed E-state index contributed by atoms with van der Waals surface area (Å²) in [6.07, 6.45) is 0.412. The zero-order valence-corrected chi connectivity index (χ0v) is 8.64. The van der Waals surface area contributed by atoms with Gasteiger partial charge in [-0.3, -0.25) is 4.79 Å². The summed E-state index contributed by atoms with van der Waals surface area (Å²) >= 11 is 0. The number of carbonyl (C=O) groups is 1. The molecule has 82 valence electrons. The second-order valence-electron chi connectivity index (χ2n) is 3.21. The maximum Gasteiger partial charge on any atom is 0.311 e. The molecule has 1 aromatic carbocycles. The summed E-state index contributed by atoms with van der Waals surface area (Å²) in [5.74, 6) is -0.866. The Balaban J connectivity index is 3.04. The molecular formula is C11H15NO3. The van der Waals surface area contributed by atoms with Crippen LogP contribution in [0.15, 0.2) is 24.3 Å². The van der Waals surface area contributed by atoms with Crippen molar-refractivity contribution in [2.45, 2.75) is 12.3 Å². The lowest BCUT2D eigenvalue weighted by Crippen LogP contribution is -2.16. The Morgan fingerprint density at radius 1 is 1.53 bits per heavy atom. The molecule has 4 heteroatoms. The normalized spacial score (nSPS) is 12.1. The minimum atomic E-state index is -0.870. The summed E-state index contributed by atoms with van der Waals surface area (Å²) in [6.45, 7) is 0.342. The van der Waals surface area contributed by atoms with Crippen LogP contribution >= 0.6 is 0 Å². The van der Waals surface area contributed by atoms with E-state index < -0.39 is 11.9 Å². The Morgan fingerprint density at radius 3 is 2.73 bits per heavy atom.